The molecule has 1 aliphatic heterocycles. The van der Waals surface area contributed by atoms with Crippen LogP contribution in [0.1, 0.15) is 116 Å². The van der Waals surface area contributed by atoms with E-state index in [1.54, 1.807) is 0 Å². The van der Waals surface area contributed by atoms with Gasteiger partial charge >= 0.3 is 0 Å². The summed E-state index contributed by atoms with van der Waals surface area (Å²) in [6, 6.07) is 0. The first-order chi connectivity index (χ1) is 16.3. The number of aliphatic hydroxyl groups excluding tert-OH is 4. The van der Waals surface area contributed by atoms with E-state index in [2.05, 4.69) is 13.0 Å². The zero-order chi connectivity index (χ0) is 24.6. The number of hydrogen-bond donors (Lipinski definition) is 4. The minimum absolute atomic E-state index is 0.0759. The summed E-state index contributed by atoms with van der Waals surface area (Å²) in [4.78, 5) is 0. The molecule has 2 radical (unpaired) electrons. The van der Waals surface area contributed by atoms with E-state index in [0.29, 0.717) is 0 Å². The lowest BCUT2D eigenvalue weighted by Gasteiger charge is -2.43. The molecule has 0 spiro atoms. The third kappa shape index (κ3) is 7.80. The van der Waals surface area contributed by atoms with Crippen LogP contribution in [0.4, 0.5) is 0 Å². The fourth-order valence-electron chi connectivity index (χ4n) is 6.63. The van der Waals surface area contributed by atoms with Gasteiger partial charge in [-0.3, -0.25) is 0 Å². The molecule has 6 atom stereocenters. The number of allylic oxidation sites excluding steroid dienone is 1. The molecule has 194 valence electrons. The molecule has 0 aromatic rings. The third-order valence-corrected chi connectivity index (χ3v) is 8.74. The maximum Gasteiger partial charge on any atom is 0.112 e. The van der Waals surface area contributed by atoms with E-state index in [0.717, 1.165) is 56.9 Å². The summed E-state index contributed by atoms with van der Waals surface area (Å²) < 4.78 is 5.96. The van der Waals surface area contributed by atoms with Gasteiger partial charge in [0.25, 0.3) is 0 Å². The molecule has 3 rings (SSSR count). The van der Waals surface area contributed by atoms with Crippen molar-refractivity contribution in [2.75, 3.05) is 6.61 Å². The molecule has 1 heterocycles. The van der Waals surface area contributed by atoms with Crippen LogP contribution in [0.2, 0.25) is 5.31 Å². The second-order valence-electron chi connectivity index (χ2n) is 12.0. The van der Waals surface area contributed by atoms with Gasteiger partial charge in [0, 0.05) is 0 Å². The molecule has 5 nitrogen and oxygen atoms in total. The van der Waals surface area contributed by atoms with E-state index >= 15 is 0 Å². The molecule has 0 amide bonds. The molecule has 0 bridgehead atoms. The van der Waals surface area contributed by atoms with Gasteiger partial charge in [-0.2, -0.15) is 0 Å². The van der Waals surface area contributed by atoms with Gasteiger partial charge in [-0.25, -0.2) is 0 Å². The molecule has 1 saturated carbocycles. The van der Waals surface area contributed by atoms with Gasteiger partial charge in [-0.1, -0.05) is 95.4 Å². The quantitative estimate of drug-likeness (QED) is 0.347. The topological polar surface area (TPSA) is 90.2 Å². The summed E-state index contributed by atoms with van der Waals surface area (Å²) >= 11 is 0. The van der Waals surface area contributed by atoms with Crippen molar-refractivity contribution in [1.29, 1.82) is 0 Å². The molecule has 1 unspecified atom stereocenters. The Labute approximate surface area is 208 Å². The van der Waals surface area contributed by atoms with E-state index in [-0.39, 0.29) is 17.3 Å². The first-order valence-electron chi connectivity index (χ1n) is 14.1. The SMILES string of the molecule is [B]C1(CC2(C)C/C=C(/[C@@H]3O[C@H](CO)[C@@H](O)[C@H](O)[C@H]3O)CCCCCCCC2)CCCCCCC1. The molecule has 34 heavy (non-hydrogen) atoms. The highest BCUT2D eigenvalue weighted by Crippen LogP contribution is 2.50. The van der Waals surface area contributed by atoms with Gasteiger partial charge in [0.05, 0.1) is 14.5 Å². The minimum Gasteiger partial charge on any atom is -0.394 e. The zero-order valence-electron chi connectivity index (χ0n) is 21.5. The van der Waals surface area contributed by atoms with Crippen molar-refractivity contribution in [3.8, 4) is 0 Å². The lowest BCUT2D eigenvalue weighted by Crippen LogP contribution is -2.58. The van der Waals surface area contributed by atoms with Crippen molar-refractivity contribution in [3.05, 3.63) is 11.6 Å². The van der Waals surface area contributed by atoms with Crippen molar-refractivity contribution in [2.24, 2.45) is 5.41 Å². The molecular weight excluding hydrogens is 427 g/mol. The molecule has 0 aromatic carbocycles. The summed E-state index contributed by atoms with van der Waals surface area (Å²) in [6.07, 6.45) is 16.3. The molecule has 2 fully saturated rings. The number of rotatable bonds is 4. The Balaban J connectivity index is 1.82. The first-order valence-corrected chi connectivity index (χ1v) is 14.1. The summed E-state index contributed by atoms with van der Waals surface area (Å²) in [5.74, 6) is 0. The predicted molar refractivity (Wildman–Crippen MR) is 137 cm³/mol. The number of ether oxygens (including phenoxy) is 1. The second-order valence-corrected chi connectivity index (χ2v) is 12.0. The Kier molecular flexibility index (Phi) is 11.0. The maximum atomic E-state index is 10.8. The van der Waals surface area contributed by atoms with E-state index in [4.69, 9.17) is 12.6 Å². The average molecular weight is 477 g/mol. The first kappa shape index (κ1) is 28.2. The molecule has 3 aliphatic rings. The van der Waals surface area contributed by atoms with Gasteiger partial charge in [0.2, 0.25) is 0 Å². The Morgan fingerprint density at radius 3 is 2.00 bits per heavy atom. The second kappa shape index (κ2) is 13.2. The Bertz CT molecular complexity index is 630. The normalized spacial score (nSPS) is 40.6. The van der Waals surface area contributed by atoms with Crippen LogP contribution >= 0.6 is 0 Å². The van der Waals surface area contributed by atoms with E-state index in [9.17, 15) is 20.4 Å². The fraction of sp³-hybridized carbons (Fsp3) is 0.929. The molecular formula is C28H49BO5. The van der Waals surface area contributed by atoms with Crippen molar-refractivity contribution in [1.82, 2.24) is 0 Å². The summed E-state index contributed by atoms with van der Waals surface area (Å²) in [5, 5.41) is 40.9. The van der Waals surface area contributed by atoms with Crippen molar-refractivity contribution < 1.29 is 25.2 Å². The van der Waals surface area contributed by atoms with Crippen LogP contribution in [0.25, 0.3) is 0 Å². The van der Waals surface area contributed by atoms with Crippen LogP contribution in [0.5, 0.6) is 0 Å². The Hall–Kier alpha value is -0.395. The van der Waals surface area contributed by atoms with Crippen LogP contribution in [-0.2, 0) is 4.74 Å². The minimum atomic E-state index is -1.33. The third-order valence-electron chi connectivity index (χ3n) is 8.74. The van der Waals surface area contributed by atoms with Gasteiger partial charge in [0.15, 0.2) is 0 Å². The number of aliphatic hydroxyl groups is 4. The molecule has 1 saturated heterocycles. The van der Waals surface area contributed by atoms with E-state index < -0.39 is 30.5 Å². The highest BCUT2D eigenvalue weighted by atomic mass is 16.5. The van der Waals surface area contributed by atoms with E-state index in [1.807, 2.05) is 0 Å². The lowest BCUT2D eigenvalue weighted by atomic mass is 9.54. The van der Waals surface area contributed by atoms with Crippen LogP contribution in [0.3, 0.4) is 0 Å². The summed E-state index contributed by atoms with van der Waals surface area (Å²) in [7, 11) is 7.06. The average Bonchev–Trinajstić information content (AvgIpc) is 2.79. The highest BCUT2D eigenvalue weighted by Gasteiger charge is 2.44. The summed E-state index contributed by atoms with van der Waals surface area (Å²) in [6.45, 7) is 2.00. The monoisotopic (exact) mass is 476 g/mol. The van der Waals surface area contributed by atoms with Crippen LogP contribution in [0.15, 0.2) is 11.6 Å². The fourth-order valence-corrected chi connectivity index (χ4v) is 6.63. The smallest absolute Gasteiger partial charge is 0.112 e. The highest BCUT2D eigenvalue weighted by molar-refractivity contribution is 6.15. The summed E-state index contributed by atoms with van der Waals surface area (Å²) in [5.41, 5.74) is 1.07. The van der Waals surface area contributed by atoms with Gasteiger partial charge in [-0.05, 0) is 43.1 Å². The van der Waals surface area contributed by atoms with E-state index in [1.165, 1.54) is 57.8 Å². The Morgan fingerprint density at radius 1 is 0.824 bits per heavy atom. The molecule has 0 aromatic heterocycles. The van der Waals surface area contributed by atoms with Crippen LogP contribution in [0, 0.1) is 5.41 Å². The van der Waals surface area contributed by atoms with Gasteiger partial charge in [0.1, 0.15) is 30.5 Å². The predicted octanol–water partition coefficient (Wildman–Crippen LogP) is 4.75. The van der Waals surface area contributed by atoms with Crippen molar-refractivity contribution >= 4 is 7.85 Å². The zero-order valence-corrected chi connectivity index (χ0v) is 21.5. The van der Waals surface area contributed by atoms with Gasteiger partial charge < -0.3 is 25.2 Å². The Morgan fingerprint density at radius 2 is 1.38 bits per heavy atom. The lowest BCUT2D eigenvalue weighted by molar-refractivity contribution is -0.220. The molecule has 6 heteroatoms. The number of hydrogen-bond acceptors (Lipinski definition) is 5. The largest absolute Gasteiger partial charge is 0.394 e. The van der Waals surface area contributed by atoms with Crippen molar-refractivity contribution in [2.45, 2.75) is 152 Å². The molecule has 4 N–H and O–H groups in total. The maximum absolute atomic E-state index is 10.8. The van der Waals surface area contributed by atoms with Crippen molar-refractivity contribution in [3.63, 3.8) is 0 Å². The standard InChI is InChI=1S/C28H49BO5/c1-27(20-28(29)16-11-7-4-8-12-17-28)15-10-6-3-2-5-9-13-21(14-18-27)26-25(33)24(32)23(31)22(19-30)34-26/h14,22-26,30-33H,2-13,15-20H2,1H3/b21-14+/t22-,23-,24+,25-,26+,27?/m1/s1. The van der Waals surface area contributed by atoms with Gasteiger partial charge in [-0.15, -0.1) is 0 Å². The van der Waals surface area contributed by atoms with Crippen LogP contribution in [-0.4, -0.2) is 65.4 Å². The van der Waals surface area contributed by atoms with Crippen LogP contribution < -0.4 is 0 Å². The molecule has 2 aliphatic carbocycles.